The van der Waals surface area contributed by atoms with Gasteiger partial charge in [0.05, 0.1) is 12.1 Å². The summed E-state index contributed by atoms with van der Waals surface area (Å²) in [6.45, 7) is 2.63. The van der Waals surface area contributed by atoms with Crippen LogP contribution >= 0.6 is 0 Å². The summed E-state index contributed by atoms with van der Waals surface area (Å²) in [7, 11) is 0. The van der Waals surface area contributed by atoms with Crippen LogP contribution in [0.25, 0.3) is 22.0 Å². The van der Waals surface area contributed by atoms with Gasteiger partial charge < -0.3 is 15.3 Å². The predicted molar refractivity (Wildman–Crippen MR) is 135 cm³/mol. The van der Waals surface area contributed by atoms with Crippen molar-refractivity contribution in [1.29, 1.82) is 0 Å². The summed E-state index contributed by atoms with van der Waals surface area (Å²) in [6, 6.07) is 8.61. The number of carbonyl (C=O) groups excluding carboxylic acids is 3. The van der Waals surface area contributed by atoms with E-state index in [0.29, 0.717) is 16.7 Å². The molecule has 0 saturated carbocycles. The van der Waals surface area contributed by atoms with E-state index >= 15 is 0 Å². The van der Waals surface area contributed by atoms with E-state index in [1.54, 1.807) is 31.5 Å². The van der Waals surface area contributed by atoms with Crippen molar-refractivity contribution in [3.05, 3.63) is 60.3 Å². The van der Waals surface area contributed by atoms with Gasteiger partial charge in [0.25, 0.3) is 0 Å². The van der Waals surface area contributed by atoms with Gasteiger partial charge in [0, 0.05) is 42.8 Å². The quantitative estimate of drug-likeness (QED) is 0.372. The number of fused-ring (bicyclic) bond motifs is 1. The third-order valence-electron chi connectivity index (χ3n) is 6.34. The fourth-order valence-corrected chi connectivity index (χ4v) is 4.51. The van der Waals surface area contributed by atoms with E-state index in [4.69, 9.17) is 0 Å². The second-order valence-electron chi connectivity index (χ2n) is 9.08. The van der Waals surface area contributed by atoms with Gasteiger partial charge in [-0.2, -0.15) is 10.1 Å². The van der Waals surface area contributed by atoms with E-state index in [2.05, 4.69) is 25.4 Å². The van der Waals surface area contributed by atoms with Crippen LogP contribution in [0.15, 0.2) is 48.8 Å². The van der Waals surface area contributed by atoms with Gasteiger partial charge in [0.15, 0.2) is 5.78 Å². The molecule has 38 heavy (non-hydrogen) atoms. The van der Waals surface area contributed by atoms with Crippen LogP contribution in [0.3, 0.4) is 0 Å². The highest BCUT2D eigenvalue weighted by molar-refractivity contribution is 6.06. The number of aryl methyl sites for hydroxylation is 1. The Morgan fingerprint density at radius 3 is 2.61 bits per heavy atom. The molecule has 1 saturated heterocycles. The molecule has 194 valence electrons. The molecule has 0 bridgehead atoms. The Morgan fingerprint density at radius 2 is 1.89 bits per heavy atom. The molecular weight excluding hydrogens is 493 g/mol. The molecule has 1 aliphatic rings. The summed E-state index contributed by atoms with van der Waals surface area (Å²) in [4.78, 5) is 51.9. The first kappa shape index (κ1) is 24.9. The molecule has 3 aromatic heterocycles. The molecule has 0 unspecified atom stereocenters. The van der Waals surface area contributed by atoms with Gasteiger partial charge in [-0.05, 0) is 30.7 Å². The van der Waals surface area contributed by atoms with E-state index < -0.39 is 24.0 Å². The minimum absolute atomic E-state index is 0.0867. The maximum absolute atomic E-state index is 14.4. The number of nitrogens with zero attached hydrogens (tertiary/aromatic N) is 6. The molecule has 12 heteroatoms. The number of aromatic nitrogens is 5. The number of hydrogen-bond acceptors (Lipinski definition) is 8. The number of amides is 2. The molecule has 5 rings (SSSR count). The summed E-state index contributed by atoms with van der Waals surface area (Å²) >= 11 is 0. The minimum Gasteiger partial charge on any atom is -0.493 e. The summed E-state index contributed by atoms with van der Waals surface area (Å²) in [5.41, 5.74) is 2.28. The fourth-order valence-electron chi connectivity index (χ4n) is 4.51. The molecule has 0 radical (unpaired) electrons. The number of hydrogen-bond donors (Lipinski definition) is 2. The van der Waals surface area contributed by atoms with Gasteiger partial charge in [0.2, 0.25) is 17.7 Å². The smallest absolute Gasteiger partial charge is 0.248 e. The number of halogens is 1. The van der Waals surface area contributed by atoms with Gasteiger partial charge in [-0.25, -0.2) is 14.4 Å². The van der Waals surface area contributed by atoms with Crippen molar-refractivity contribution >= 4 is 34.3 Å². The normalized spacial score (nSPS) is 17.1. The molecule has 4 heterocycles. The lowest BCUT2D eigenvalue weighted by atomic mass is 10.0. The summed E-state index contributed by atoms with van der Waals surface area (Å²) in [6.07, 6.45) is 1.82. The van der Waals surface area contributed by atoms with Gasteiger partial charge >= 0.3 is 0 Å². The fraction of sp³-hybridized carbons (Fsp3) is 0.269. The summed E-state index contributed by atoms with van der Waals surface area (Å²) in [5.74, 6) is -0.979. The Hall–Kier alpha value is -4.74. The van der Waals surface area contributed by atoms with Gasteiger partial charge in [0.1, 0.15) is 36.1 Å². The van der Waals surface area contributed by atoms with E-state index in [-0.39, 0.29) is 42.7 Å². The summed E-state index contributed by atoms with van der Waals surface area (Å²) < 4.78 is 15.8. The maximum Gasteiger partial charge on any atom is 0.248 e. The second kappa shape index (κ2) is 9.96. The highest BCUT2D eigenvalue weighted by atomic mass is 19.1. The number of nitrogens with one attached hydrogen (secondary N) is 1. The standard InChI is InChI=1S/C26H24FN7O4/c1-14(35)25-19-8-16(17-10-28-15(2)29-11-17)6-7-20(19)34(32-25)13-24(37)33-12-18(27)9-21(33)26(38)31-22-4-3-5-23(36)30-22/h3-8,10-11,18,21H,9,12-13H2,1-2H3,(H2,30,31,36,38)/t18-,21+/m1/s1. The predicted octanol–water partition coefficient (Wildman–Crippen LogP) is 2.68. The van der Waals surface area contributed by atoms with Crippen LogP contribution in [0.1, 0.15) is 29.7 Å². The molecule has 0 aliphatic carbocycles. The van der Waals surface area contributed by atoms with Crippen molar-refractivity contribution in [2.45, 2.75) is 39.0 Å². The van der Waals surface area contributed by atoms with Crippen molar-refractivity contribution in [3.8, 4) is 17.0 Å². The molecular formula is C26H24FN7O4. The molecule has 1 aliphatic heterocycles. The number of benzene rings is 1. The Bertz CT molecular complexity index is 1550. The summed E-state index contributed by atoms with van der Waals surface area (Å²) in [5, 5.41) is 17.0. The third kappa shape index (κ3) is 4.92. The molecule has 0 spiro atoms. The molecule has 1 aromatic carbocycles. The third-order valence-corrected chi connectivity index (χ3v) is 6.34. The van der Waals surface area contributed by atoms with Crippen LogP contribution in [0.5, 0.6) is 5.88 Å². The van der Waals surface area contributed by atoms with Crippen LogP contribution in [0.2, 0.25) is 0 Å². The highest BCUT2D eigenvalue weighted by Crippen LogP contribution is 2.28. The number of rotatable bonds is 6. The van der Waals surface area contributed by atoms with Crippen LogP contribution in [-0.2, 0) is 16.1 Å². The maximum atomic E-state index is 14.4. The lowest BCUT2D eigenvalue weighted by Crippen LogP contribution is -2.44. The zero-order valence-electron chi connectivity index (χ0n) is 20.6. The van der Waals surface area contributed by atoms with Crippen molar-refractivity contribution in [1.82, 2.24) is 29.6 Å². The number of pyridine rings is 1. The zero-order chi connectivity index (χ0) is 27.0. The zero-order valence-corrected chi connectivity index (χ0v) is 20.6. The van der Waals surface area contributed by atoms with E-state index in [1.165, 1.54) is 34.7 Å². The van der Waals surface area contributed by atoms with Gasteiger partial charge in [-0.15, -0.1) is 0 Å². The number of anilines is 1. The van der Waals surface area contributed by atoms with E-state index in [0.717, 1.165) is 11.1 Å². The van der Waals surface area contributed by atoms with Crippen LogP contribution < -0.4 is 5.32 Å². The number of likely N-dealkylation sites (tertiary alicyclic amines) is 1. The number of aromatic hydroxyl groups is 1. The molecule has 2 amide bonds. The SMILES string of the molecule is CC(=O)c1nn(CC(=O)N2C[C@H](F)C[C@H]2C(=O)Nc2cccc(O)n2)c2ccc(-c3cnc(C)nc3)cc12. The minimum atomic E-state index is -1.38. The molecule has 4 aromatic rings. The molecule has 1 fully saturated rings. The first-order valence-electron chi connectivity index (χ1n) is 11.9. The number of alkyl halides is 1. The van der Waals surface area contributed by atoms with Crippen LogP contribution in [0, 0.1) is 6.92 Å². The molecule has 2 atom stereocenters. The molecule has 2 N–H and O–H groups in total. The Morgan fingerprint density at radius 1 is 1.13 bits per heavy atom. The first-order valence-corrected chi connectivity index (χ1v) is 11.9. The Kier molecular flexibility index (Phi) is 6.53. The average Bonchev–Trinajstić information content (AvgIpc) is 3.45. The second-order valence-corrected chi connectivity index (χ2v) is 9.08. The largest absolute Gasteiger partial charge is 0.493 e. The first-order chi connectivity index (χ1) is 18.2. The monoisotopic (exact) mass is 517 g/mol. The lowest BCUT2D eigenvalue weighted by Gasteiger charge is -2.23. The lowest BCUT2D eigenvalue weighted by molar-refractivity contribution is -0.137. The van der Waals surface area contributed by atoms with Crippen molar-refractivity contribution in [2.75, 3.05) is 11.9 Å². The Labute approximate surface area is 216 Å². The highest BCUT2D eigenvalue weighted by Gasteiger charge is 2.40. The average molecular weight is 518 g/mol. The van der Waals surface area contributed by atoms with Gasteiger partial charge in [-0.3, -0.25) is 19.1 Å². The number of Topliss-reactive ketones (excluding diaryl/α,β-unsaturated/α-hetero) is 1. The van der Waals surface area contributed by atoms with Crippen molar-refractivity contribution < 1.29 is 23.9 Å². The number of ketones is 1. The van der Waals surface area contributed by atoms with E-state index in [9.17, 15) is 23.9 Å². The molecule has 11 nitrogen and oxygen atoms in total. The number of carbonyl (C=O) groups is 3. The van der Waals surface area contributed by atoms with Crippen molar-refractivity contribution in [2.24, 2.45) is 0 Å². The van der Waals surface area contributed by atoms with E-state index in [1.807, 2.05) is 6.07 Å². The van der Waals surface area contributed by atoms with Crippen LogP contribution in [0.4, 0.5) is 10.2 Å². The van der Waals surface area contributed by atoms with Crippen molar-refractivity contribution in [3.63, 3.8) is 0 Å². The Balaban J connectivity index is 1.41. The van der Waals surface area contributed by atoms with Gasteiger partial charge in [-0.1, -0.05) is 12.1 Å². The van der Waals surface area contributed by atoms with Crippen LogP contribution in [-0.4, -0.2) is 71.1 Å². The topological polar surface area (TPSA) is 143 Å².